The molecule has 4 rings (SSSR count). The van der Waals surface area contributed by atoms with Crippen molar-refractivity contribution in [2.45, 2.75) is 45.2 Å². The highest BCUT2D eigenvalue weighted by Crippen LogP contribution is 2.38. The number of hydrogen-bond donors (Lipinski definition) is 2. The van der Waals surface area contributed by atoms with Crippen LogP contribution in [0.4, 0.5) is 10.1 Å². The molecule has 2 aliphatic rings. The number of nitrogens with zero attached hydrogens (tertiary/aromatic N) is 3. The van der Waals surface area contributed by atoms with Crippen LogP contribution in [0.25, 0.3) is 10.9 Å². The Morgan fingerprint density at radius 3 is 2.48 bits per heavy atom. The van der Waals surface area contributed by atoms with Gasteiger partial charge in [-0.2, -0.15) is 4.68 Å². The summed E-state index contributed by atoms with van der Waals surface area (Å²) < 4.78 is 17.3. The van der Waals surface area contributed by atoms with Gasteiger partial charge in [0.2, 0.25) is 0 Å². The van der Waals surface area contributed by atoms with Crippen molar-refractivity contribution in [3.8, 4) is 0 Å². The number of aromatic nitrogens is 2. The molecule has 27 heavy (non-hydrogen) atoms. The molecule has 2 aromatic rings. The molecule has 0 spiro atoms. The van der Waals surface area contributed by atoms with Gasteiger partial charge in [-0.15, -0.1) is 12.4 Å². The minimum atomic E-state index is -0.653. The summed E-state index contributed by atoms with van der Waals surface area (Å²) >= 11 is 0. The molecule has 148 valence electrons. The van der Waals surface area contributed by atoms with Gasteiger partial charge >= 0.3 is 5.69 Å². The smallest absolute Gasteiger partial charge is 0.350 e. The van der Waals surface area contributed by atoms with Crippen LogP contribution in [0.2, 0.25) is 0 Å². The standard InChI is InChI=1S/C18H24FN5O2.ClH/c1-9-15-13(23(12-3-4-12)18(26)24(21)17(15)25)7-14(16(9)19)22-6-5-11(8-22)10(2)20;/h7,10-12H,3-6,8,20-21H2,1-2H3;1H/t10-,11+;/m0./s1. The first kappa shape index (κ1) is 19.7. The Kier molecular flexibility index (Phi) is 4.98. The topological polar surface area (TPSA) is 99.3 Å². The van der Waals surface area contributed by atoms with E-state index in [1.165, 1.54) is 0 Å². The number of anilines is 1. The molecule has 2 atom stereocenters. The summed E-state index contributed by atoms with van der Waals surface area (Å²) in [6.45, 7) is 4.91. The summed E-state index contributed by atoms with van der Waals surface area (Å²) in [6.07, 6.45) is 2.61. The minimum Gasteiger partial charge on any atom is -0.369 e. The molecule has 1 aliphatic carbocycles. The fourth-order valence-corrected chi connectivity index (χ4v) is 4.00. The van der Waals surface area contributed by atoms with Crippen molar-refractivity contribution < 1.29 is 4.39 Å². The molecule has 2 heterocycles. The number of rotatable bonds is 3. The molecule has 1 aromatic carbocycles. The van der Waals surface area contributed by atoms with Crippen molar-refractivity contribution in [3.05, 3.63) is 38.3 Å². The normalized spacial score (nSPS) is 20.7. The van der Waals surface area contributed by atoms with Crippen LogP contribution in [-0.2, 0) is 0 Å². The first-order valence-electron chi connectivity index (χ1n) is 9.07. The van der Waals surface area contributed by atoms with E-state index in [-0.39, 0.29) is 35.4 Å². The predicted octanol–water partition coefficient (Wildman–Crippen LogP) is 1.25. The van der Waals surface area contributed by atoms with Gasteiger partial charge in [-0.3, -0.25) is 9.36 Å². The molecule has 1 saturated carbocycles. The summed E-state index contributed by atoms with van der Waals surface area (Å²) in [5.74, 6) is 5.54. The zero-order chi connectivity index (χ0) is 18.7. The number of nitrogen functional groups attached to an aromatic ring is 1. The van der Waals surface area contributed by atoms with Gasteiger partial charge in [-0.1, -0.05) is 0 Å². The lowest BCUT2D eigenvalue weighted by Crippen LogP contribution is -2.44. The van der Waals surface area contributed by atoms with Crippen molar-refractivity contribution in [1.29, 1.82) is 0 Å². The third-order valence-corrected chi connectivity index (χ3v) is 5.78. The fraction of sp³-hybridized carbons (Fsp3) is 0.556. The van der Waals surface area contributed by atoms with Crippen LogP contribution in [0.1, 0.15) is 37.8 Å². The highest BCUT2D eigenvalue weighted by molar-refractivity contribution is 5.86. The molecule has 2 fully saturated rings. The molecule has 1 saturated heterocycles. The average molecular weight is 398 g/mol. The largest absolute Gasteiger partial charge is 0.369 e. The molecule has 1 aliphatic heterocycles. The Bertz CT molecular complexity index is 1010. The van der Waals surface area contributed by atoms with Crippen LogP contribution < -0.4 is 27.7 Å². The number of halogens is 2. The molecule has 4 N–H and O–H groups in total. The van der Waals surface area contributed by atoms with Gasteiger partial charge in [-0.05, 0) is 45.1 Å². The van der Waals surface area contributed by atoms with E-state index in [4.69, 9.17) is 11.6 Å². The average Bonchev–Trinajstić information content (AvgIpc) is 3.30. The Labute approximate surface area is 162 Å². The van der Waals surface area contributed by atoms with Gasteiger partial charge in [-0.25, -0.2) is 9.18 Å². The lowest BCUT2D eigenvalue weighted by atomic mass is 10.0. The van der Waals surface area contributed by atoms with E-state index < -0.39 is 17.1 Å². The summed E-state index contributed by atoms with van der Waals surface area (Å²) in [6, 6.07) is 1.70. The first-order chi connectivity index (χ1) is 12.3. The maximum Gasteiger partial charge on any atom is 0.350 e. The zero-order valence-electron chi connectivity index (χ0n) is 15.4. The summed E-state index contributed by atoms with van der Waals surface area (Å²) in [4.78, 5) is 27.0. The van der Waals surface area contributed by atoms with E-state index >= 15 is 4.39 Å². The number of hydrogen-bond acceptors (Lipinski definition) is 5. The van der Waals surface area contributed by atoms with Crippen molar-refractivity contribution >= 4 is 29.0 Å². The van der Waals surface area contributed by atoms with Crippen LogP contribution in [0, 0.1) is 18.7 Å². The Morgan fingerprint density at radius 2 is 1.93 bits per heavy atom. The third-order valence-electron chi connectivity index (χ3n) is 5.78. The molecule has 0 bridgehead atoms. The van der Waals surface area contributed by atoms with Crippen molar-refractivity contribution in [1.82, 2.24) is 9.24 Å². The lowest BCUT2D eigenvalue weighted by molar-refractivity contribution is 0.487. The van der Waals surface area contributed by atoms with Crippen molar-refractivity contribution in [2.24, 2.45) is 11.7 Å². The summed E-state index contributed by atoms with van der Waals surface area (Å²) in [5, 5.41) is 0.184. The van der Waals surface area contributed by atoms with E-state index in [1.54, 1.807) is 17.6 Å². The van der Waals surface area contributed by atoms with Crippen LogP contribution in [0.15, 0.2) is 15.7 Å². The quantitative estimate of drug-likeness (QED) is 0.759. The monoisotopic (exact) mass is 397 g/mol. The van der Waals surface area contributed by atoms with E-state index in [2.05, 4.69) is 0 Å². The Morgan fingerprint density at radius 1 is 1.26 bits per heavy atom. The molecule has 9 heteroatoms. The minimum absolute atomic E-state index is 0. The summed E-state index contributed by atoms with van der Waals surface area (Å²) in [5.41, 5.74) is 5.95. The van der Waals surface area contributed by atoms with Crippen LogP contribution in [0.3, 0.4) is 0 Å². The lowest BCUT2D eigenvalue weighted by Gasteiger charge is -2.23. The Balaban J connectivity index is 0.00000210. The number of fused-ring (bicyclic) bond motifs is 1. The van der Waals surface area contributed by atoms with Crippen LogP contribution >= 0.6 is 12.4 Å². The van der Waals surface area contributed by atoms with Gasteiger partial charge in [0.25, 0.3) is 5.56 Å². The molecule has 7 nitrogen and oxygen atoms in total. The number of benzene rings is 1. The molecule has 0 amide bonds. The second-order valence-electron chi connectivity index (χ2n) is 7.64. The zero-order valence-corrected chi connectivity index (χ0v) is 16.3. The van der Waals surface area contributed by atoms with E-state index in [1.807, 2.05) is 11.8 Å². The maximum atomic E-state index is 15.1. The van der Waals surface area contributed by atoms with E-state index in [0.29, 0.717) is 34.9 Å². The van der Waals surface area contributed by atoms with Crippen molar-refractivity contribution in [2.75, 3.05) is 23.8 Å². The van der Waals surface area contributed by atoms with E-state index in [9.17, 15) is 9.59 Å². The first-order valence-corrected chi connectivity index (χ1v) is 9.07. The molecule has 0 unspecified atom stereocenters. The SMILES string of the molecule is Cc1c(F)c(N2CC[C@@H]([C@H](C)N)C2)cc2c1c(=O)n(N)c(=O)n2C1CC1.Cl. The summed E-state index contributed by atoms with van der Waals surface area (Å²) in [7, 11) is 0. The highest BCUT2D eigenvalue weighted by atomic mass is 35.5. The van der Waals surface area contributed by atoms with Gasteiger partial charge < -0.3 is 16.5 Å². The highest BCUT2D eigenvalue weighted by Gasteiger charge is 2.32. The van der Waals surface area contributed by atoms with E-state index in [0.717, 1.165) is 19.3 Å². The molecule has 1 aromatic heterocycles. The fourth-order valence-electron chi connectivity index (χ4n) is 4.00. The van der Waals surface area contributed by atoms with Crippen LogP contribution in [-0.4, -0.2) is 28.4 Å². The second kappa shape index (κ2) is 6.83. The van der Waals surface area contributed by atoms with Gasteiger partial charge in [0, 0.05) is 30.7 Å². The van der Waals surface area contributed by atoms with Crippen molar-refractivity contribution in [3.63, 3.8) is 0 Å². The second-order valence-corrected chi connectivity index (χ2v) is 7.64. The Hall–Kier alpha value is -2.06. The number of aryl methyl sites for hydroxylation is 1. The molecular weight excluding hydrogens is 373 g/mol. The van der Waals surface area contributed by atoms with Gasteiger partial charge in [0.1, 0.15) is 5.82 Å². The van der Waals surface area contributed by atoms with Crippen LogP contribution in [0.5, 0.6) is 0 Å². The third kappa shape index (κ3) is 3.00. The molecular formula is C18H25ClFN5O2. The molecule has 0 radical (unpaired) electrons. The predicted molar refractivity (Wildman–Crippen MR) is 107 cm³/mol. The number of nitrogens with two attached hydrogens (primary N) is 2. The van der Waals surface area contributed by atoms with Gasteiger partial charge in [0.05, 0.1) is 16.6 Å². The van der Waals surface area contributed by atoms with Gasteiger partial charge in [0.15, 0.2) is 0 Å². The maximum absolute atomic E-state index is 15.1.